The van der Waals surface area contributed by atoms with Gasteiger partial charge in [0.1, 0.15) is 0 Å². The third-order valence-electron chi connectivity index (χ3n) is 2.79. The molecule has 0 saturated carbocycles. The molecule has 0 spiro atoms. The summed E-state index contributed by atoms with van der Waals surface area (Å²) in [4.78, 5) is 11.9. The molecule has 2 aromatic rings. The van der Waals surface area contributed by atoms with E-state index >= 15 is 0 Å². The van der Waals surface area contributed by atoms with Gasteiger partial charge in [-0.15, -0.1) is 0 Å². The number of hydrazone groups is 1. The lowest BCUT2D eigenvalue weighted by Crippen LogP contribution is -2.20. The summed E-state index contributed by atoms with van der Waals surface area (Å²) in [6.07, 6.45) is 0. The number of hydrogen-bond acceptors (Lipinski definition) is 3. The summed E-state index contributed by atoms with van der Waals surface area (Å²) in [7, 11) is 0. The average molecular weight is 332 g/mol. The number of benzene rings is 2. The molecule has 0 saturated heterocycles. The van der Waals surface area contributed by atoms with E-state index in [1.54, 1.807) is 24.3 Å². The first kappa shape index (κ1) is 14.3. The lowest BCUT2D eigenvalue weighted by Gasteiger charge is -2.05. The smallest absolute Gasteiger partial charge is 0.273 e. The summed E-state index contributed by atoms with van der Waals surface area (Å²) < 4.78 is 0.996. The van der Waals surface area contributed by atoms with Crippen LogP contribution in [0.1, 0.15) is 22.8 Å². The summed E-state index contributed by atoms with van der Waals surface area (Å²) in [5.74, 6) is -0.320. The molecular weight excluding hydrogens is 318 g/mol. The first-order valence-corrected chi connectivity index (χ1v) is 6.82. The Morgan fingerprint density at radius 1 is 1.15 bits per heavy atom. The summed E-state index contributed by atoms with van der Waals surface area (Å²) in [5, 5.41) is 4.09. The highest BCUT2D eigenvalue weighted by atomic mass is 79.9. The molecule has 0 fully saturated rings. The maximum absolute atomic E-state index is 11.9. The largest absolute Gasteiger partial charge is 0.398 e. The highest BCUT2D eigenvalue weighted by Gasteiger charge is 2.07. The van der Waals surface area contributed by atoms with E-state index in [1.165, 1.54) is 0 Å². The van der Waals surface area contributed by atoms with Crippen LogP contribution in [0.15, 0.2) is 58.1 Å². The minimum atomic E-state index is -0.320. The Morgan fingerprint density at radius 2 is 1.80 bits per heavy atom. The predicted molar refractivity (Wildman–Crippen MR) is 84.7 cm³/mol. The summed E-state index contributed by atoms with van der Waals surface area (Å²) in [5.41, 5.74) is 10.8. The molecule has 0 aromatic heterocycles. The Bertz CT molecular complexity index is 650. The zero-order valence-electron chi connectivity index (χ0n) is 10.9. The van der Waals surface area contributed by atoms with E-state index < -0.39 is 0 Å². The monoisotopic (exact) mass is 331 g/mol. The highest BCUT2D eigenvalue weighted by Crippen LogP contribution is 2.12. The van der Waals surface area contributed by atoms with Crippen LogP contribution in [0.25, 0.3) is 0 Å². The van der Waals surface area contributed by atoms with Crippen molar-refractivity contribution in [3.8, 4) is 0 Å². The fraction of sp³-hybridized carbons (Fsp3) is 0.0667. The van der Waals surface area contributed by atoms with Crippen LogP contribution in [0.4, 0.5) is 5.69 Å². The molecule has 0 atom stereocenters. The van der Waals surface area contributed by atoms with Gasteiger partial charge in [0, 0.05) is 10.2 Å². The van der Waals surface area contributed by atoms with Gasteiger partial charge >= 0.3 is 0 Å². The van der Waals surface area contributed by atoms with E-state index in [-0.39, 0.29) is 5.91 Å². The number of para-hydroxylation sites is 1. The third kappa shape index (κ3) is 3.45. The van der Waals surface area contributed by atoms with Gasteiger partial charge in [-0.25, -0.2) is 5.43 Å². The number of rotatable bonds is 3. The average Bonchev–Trinajstić information content (AvgIpc) is 2.45. The van der Waals surface area contributed by atoms with Crippen molar-refractivity contribution in [2.24, 2.45) is 5.10 Å². The predicted octanol–water partition coefficient (Wildman–Crippen LogP) is 3.19. The van der Waals surface area contributed by atoms with Gasteiger partial charge in [0.05, 0.1) is 11.3 Å². The Kier molecular flexibility index (Phi) is 4.53. The first-order valence-electron chi connectivity index (χ1n) is 6.03. The molecule has 1 amide bonds. The topological polar surface area (TPSA) is 67.5 Å². The maximum atomic E-state index is 11.9. The molecule has 0 aliphatic rings. The molecular formula is C15H14BrN3O. The lowest BCUT2D eigenvalue weighted by atomic mass is 10.1. The van der Waals surface area contributed by atoms with E-state index in [0.717, 1.165) is 15.7 Å². The molecule has 0 radical (unpaired) electrons. The van der Waals surface area contributed by atoms with Crippen LogP contribution in [0.3, 0.4) is 0 Å². The van der Waals surface area contributed by atoms with Gasteiger partial charge in [-0.2, -0.15) is 5.10 Å². The molecule has 20 heavy (non-hydrogen) atoms. The number of hydrogen-bond donors (Lipinski definition) is 2. The SMILES string of the molecule is C/C(=N/NC(=O)c1ccccc1N)c1ccc(Br)cc1. The molecule has 0 aliphatic carbocycles. The number of carbonyl (C=O) groups is 1. The van der Waals surface area contributed by atoms with Crippen LogP contribution in [0.2, 0.25) is 0 Å². The van der Waals surface area contributed by atoms with Crippen molar-refractivity contribution in [2.75, 3.05) is 5.73 Å². The van der Waals surface area contributed by atoms with Crippen LogP contribution in [0, 0.1) is 0 Å². The zero-order chi connectivity index (χ0) is 14.5. The number of anilines is 1. The Balaban J connectivity index is 2.11. The van der Waals surface area contributed by atoms with Crippen molar-refractivity contribution >= 4 is 33.2 Å². The van der Waals surface area contributed by atoms with Crippen molar-refractivity contribution in [2.45, 2.75) is 6.92 Å². The van der Waals surface area contributed by atoms with E-state index in [0.29, 0.717) is 11.3 Å². The zero-order valence-corrected chi connectivity index (χ0v) is 12.5. The molecule has 5 heteroatoms. The van der Waals surface area contributed by atoms with E-state index in [1.807, 2.05) is 31.2 Å². The molecule has 3 N–H and O–H groups in total. The van der Waals surface area contributed by atoms with Crippen molar-refractivity contribution < 1.29 is 4.79 Å². The van der Waals surface area contributed by atoms with Crippen molar-refractivity contribution in [1.29, 1.82) is 0 Å². The number of nitrogens with zero attached hydrogens (tertiary/aromatic N) is 1. The summed E-state index contributed by atoms with van der Waals surface area (Å²) >= 11 is 3.37. The molecule has 102 valence electrons. The van der Waals surface area contributed by atoms with E-state index in [2.05, 4.69) is 26.5 Å². The van der Waals surface area contributed by atoms with Gasteiger partial charge in [-0.3, -0.25) is 4.79 Å². The minimum Gasteiger partial charge on any atom is -0.398 e. The van der Waals surface area contributed by atoms with Crippen molar-refractivity contribution in [3.05, 3.63) is 64.1 Å². The standard InChI is InChI=1S/C15H14BrN3O/c1-10(11-6-8-12(16)9-7-11)18-19-15(20)13-4-2-3-5-14(13)17/h2-9H,17H2,1H3,(H,19,20)/b18-10-. The number of nitrogens with one attached hydrogen (secondary N) is 1. The fourth-order valence-corrected chi connectivity index (χ4v) is 1.92. The van der Waals surface area contributed by atoms with Crippen LogP contribution < -0.4 is 11.2 Å². The second-order valence-corrected chi connectivity index (χ2v) is 5.15. The van der Waals surface area contributed by atoms with E-state index in [9.17, 15) is 4.79 Å². The summed E-state index contributed by atoms with van der Waals surface area (Å²) in [6, 6.07) is 14.6. The number of amides is 1. The van der Waals surface area contributed by atoms with Crippen LogP contribution in [-0.4, -0.2) is 11.6 Å². The van der Waals surface area contributed by atoms with Gasteiger partial charge in [0.2, 0.25) is 0 Å². The van der Waals surface area contributed by atoms with Gasteiger partial charge in [-0.1, -0.05) is 40.2 Å². The number of carbonyl (C=O) groups excluding carboxylic acids is 1. The number of halogens is 1. The first-order chi connectivity index (χ1) is 9.58. The third-order valence-corrected chi connectivity index (χ3v) is 3.32. The number of nitrogen functional groups attached to an aromatic ring is 1. The molecule has 2 rings (SSSR count). The molecule has 0 bridgehead atoms. The van der Waals surface area contributed by atoms with Crippen LogP contribution in [0.5, 0.6) is 0 Å². The van der Waals surface area contributed by atoms with Gasteiger partial charge in [-0.05, 0) is 36.8 Å². The van der Waals surface area contributed by atoms with Crippen molar-refractivity contribution in [1.82, 2.24) is 5.43 Å². The van der Waals surface area contributed by atoms with Gasteiger partial charge in [0.15, 0.2) is 0 Å². The van der Waals surface area contributed by atoms with Gasteiger partial charge < -0.3 is 5.73 Å². The Labute approximate surface area is 125 Å². The van der Waals surface area contributed by atoms with Crippen LogP contribution >= 0.6 is 15.9 Å². The van der Waals surface area contributed by atoms with Crippen molar-refractivity contribution in [3.63, 3.8) is 0 Å². The molecule has 0 heterocycles. The quantitative estimate of drug-likeness (QED) is 0.515. The van der Waals surface area contributed by atoms with Crippen LogP contribution in [-0.2, 0) is 0 Å². The Hall–Kier alpha value is -2.14. The number of nitrogens with two attached hydrogens (primary N) is 1. The molecule has 2 aromatic carbocycles. The second kappa shape index (κ2) is 6.34. The molecule has 0 aliphatic heterocycles. The van der Waals surface area contributed by atoms with Gasteiger partial charge in [0.25, 0.3) is 5.91 Å². The molecule has 4 nitrogen and oxygen atoms in total. The second-order valence-electron chi connectivity index (χ2n) is 4.23. The minimum absolute atomic E-state index is 0.320. The molecule has 0 unspecified atom stereocenters. The highest BCUT2D eigenvalue weighted by molar-refractivity contribution is 9.10. The fourth-order valence-electron chi connectivity index (χ4n) is 1.65. The lowest BCUT2D eigenvalue weighted by molar-refractivity contribution is 0.0955. The normalized spacial score (nSPS) is 11.2. The Morgan fingerprint density at radius 3 is 2.45 bits per heavy atom. The summed E-state index contributed by atoms with van der Waals surface area (Å²) in [6.45, 7) is 1.83. The maximum Gasteiger partial charge on any atom is 0.273 e. The van der Waals surface area contributed by atoms with E-state index in [4.69, 9.17) is 5.73 Å².